The molecule has 2 aromatic rings. The van der Waals surface area contributed by atoms with Crippen LogP contribution in [0, 0.1) is 11.6 Å². The summed E-state index contributed by atoms with van der Waals surface area (Å²) in [6.07, 6.45) is 0. The number of nitrogens with two attached hydrogens (primary N) is 1. The van der Waals surface area contributed by atoms with Crippen molar-refractivity contribution in [1.29, 1.82) is 0 Å². The van der Waals surface area contributed by atoms with E-state index in [1.807, 2.05) is 0 Å². The number of nitrogens with one attached hydrogen (secondary N) is 1. The van der Waals surface area contributed by atoms with Crippen LogP contribution in [0.15, 0.2) is 36.4 Å². The molecule has 0 spiro atoms. The molecule has 4 N–H and O–H groups in total. The molecular weight excluding hydrogens is 332 g/mol. The minimum absolute atomic E-state index is 0.0705. The molecule has 0 bridgehead atoms. The number of carboxylic acids is 1. The average Bonchev–Trinajstić information content (AvgIpc) is 2.59. The molecule has 2 aromatic carbocycles. The molecule has 0 fully saturated rings. The first-order chi connectivity index (χ1) is 11.8. The molecule has 2 amide bonds. The Labute approximate surface area is 142 Å². The van der Waals surface area contributed by atoms with Crippen LogP contribution in [0.4, 0.5) is 13.6 Å². The van der Waals surface area contributed by atoms with Gasteiger partial charge in [-0.1, -0.05) is 24.3 Å². The van der Waals surface area contributed by atoms with Gasteiger partial charge in [0.25, 0.3) is 0 Å². The highest BCUT2D eigenvalue weighted by atomic mass is 19.1. The van der Waals surface area contributed by atoms with Crippen LogP contribution in [0.25, 0.3) is 11.1 Å². The fraction of sp³-hybridized carbons (Fsp3) is 0.176. The number of halogens is 2. The summed E-state index contributed by atoms with van der Waals surface area (Å²) in [5.74, 6) is 2.42. The lowest BCUT2D eigenvalue weighted by Crippen LogP contribution is -2.44. The van der Waals surface area contributed by atoms with Crippen LogP contribution < -0.4 is 11.2 Å². The maximum atomic E-state index is 14.3. The fourth-order valence-electron chi connectivity index (χ4n) is 2.26. The molecular formula is C17H17F2N3O3. The largest absolute Gasteiger partial charge is 0.478 e. The number of carboxylic acid groups (broad SMARTS) is 1. The van der Waals surface area contributed by atoms with E-state index in [0.717, 1.165) is 17.1 Å². The van der Waals surface area contributed by atoms with Crippen molar-refractivity contribution in [2.45, 2.75) is 13.5 Å². The SMILES string of the molecule is CCN(N)C(=O)NCc1ccc(-c2cccc(F)c2C(=O)O)cc1F. The summed E-state index contributed by atoms with van der Waals surface area (Å²) in [6, 6.07) is 7.19. The van der Waals surface area contributed by atoms with E-state index in [1.165, 1.54) is 24.3 Å². The van der Waals surface area contributed by atoms with Crippen molar-refractivity contribution in [2.75, 3.05) is 6.54 Å². The lowest BCUT2D eigenvalue weighted by Gasteiger charge is -2.15. The van der Waals surface area contributed by atoms with E-state index in [2.05, 4.69) is 5.32 Å². The number of hydrogen-bond acceptors (Lipinski definition) is 3. The van der Waals surface area contributed by atoms with Gasteiger partial charge < -0.3 is 10.4 Å². The maximum absolute atomic E-state index is 14.3. The van der Waals surface area contributed by atoms with Crippen LogP contribution in [0.2, 0.25) is 0 Å². The molecule has 0 aliphatic carbocycles. The first kappa shape index (κ1) is 18.3. The highest BCUT2D eigenvalue weighted by Crippen LogP contribution is 2.27. The summed E-state index contributed by atoms with van der Waals surface area (Å²) >= 11 is 0. The number of carbonyl (C=O) groups is 2. The topological polar surface area (TPSA) is 95.7 Å². The minimum Gasteiger partial charge on any atom is -0.478 e. The number of nitrogens with zero attached hydrogens (tertiary/aromatic N) is 1. The normalized spacial score (nSPS) is 10.4. The Kier molecular flexibility index (Phi) is 5.66. The van der Waals surface area contributed by atoms with Crippen LogP contribution in [0.3, 0.4) is 0 Å². The molecule has 0 saturated heterocycles. The molecule has 8 heteroatoms. The van der Waals surface area contributed by atoms with Gasteiger partial charge >= 0.3 is 12.0 Å². The van der Waals surface area contributed by atoms with Crippen LogP contribution >= 0.6 is 0 Å². The summed E-state index contributed by atoms with van der Waals surface area (Å²) < 4.78 is 28.0. The van der Waals surface area contributed by atoms with Crippen molar-refractivity contribution in [3.63, 3.8) is 0 Å². The number of hydrogen-bond donors (Lipinski definition) is 3. The fourth-order valence-corrected chi connectivity index (χ4v) is 2.26. The predicted octanol–water partition coefficient (Wildman–Crippen LogP) is 2.74. The Morgan fingerprint density at radius 1 is 1.20 bits per heavy atom. The monoisotopic (exact) mass is 349 g/mol. The Morgan fingerprint density at radius 3 is 2.52 bits per heavy atom. The molecule has 0 unspecified atom stereocenters. The average molecular weight is 349 g/mol. The van der Waals surface area contributed by atoms with E-state index in [1.54, 1.807) is 6.92 Å². The summed E-state index contributed by atoms with van der Waals surface area (Å²) in [6.45, 7) is 1.90. The summed E-state index contributed by atoms with van der Waals surface area (Å²) in [4.78, 5) is 22.8. The van der Waals surface area contributed by atoms with Crippen molar-refractivity contribution in [3.05, 3.63) is 59.2 Å². The summed E-state index contributed by atoms with van der Waals surface area (Å²) in [5.41, 5.74) is -0.0425. The third-order valence-corrected chi connectivity index (χ3v) is 3.62. The zero-order valence-corrected chi connectivity index (χ0v) is 13.4. The number of amides is 2. The lowest BCUT2D eigenvalue weighted by molar-refractivity contribution is 0.0692. The van der Waals surface area contributed by atoms with Crippen LogP contribution in [-0.4, -0.2) is 28.7 Å². The zero-order valence-electron chi connectivity index (χ0n) is 13.4. The maximum Gasteiger partial charge on any atom is 0.339 e. The number of urea groups is 1. The first-order valence-corrected chi connectivity index (χ1v) is 7.45. The van der Waals surface area contributed by atoms with Crippen molar-refractivity contribution in [2.24, 2.45) is 5.84 Å². The van der Waals surface area contributed by atoms with Crippen LogP contribution in [0.1, 0.15) is 22.8 Å². The highest BCUT2D eigenvalue weighted by molar-refractivity contribution is 5.96. The van der Waals surface area contributed by atoms with Crippen molar-refractivity contribution in [3.8, 4) is 11.1 Å². The second-order valence-corrected chi connectivity index (χ2v) is 5.22. The number of benzene rings is 2. The molecule has 6 nitrogen and oxygen atoms in total. The van der Waals surface area contributed by atoms with Gasteiger partial charge in [-0.05, 0) is 30.2 Å². The molecule has 0 heterocycles. The molecule has 0 aliphatic heterocycles. The molecule has 0 saturated carbocycles. The van der Waals surface area contributed by atoms with Gasteiger partial charge in [0.15, 0.2) is 0 Å². The minimum atomic E-state index is -1.44. The molecule has 0 atom stereocenters. The zero-order chi connectivity index (χ0) is 18.6. The van der Waals surface area contributed by atoms with Crippen molar-refractivity contribution in [1.82, 2.24) is 10.3 Å². The molecule has 0 aromatic heterocycles. The van der Waals surface area contributed by atoms with E-state index in [-0.39, 0.29) is 23.2 Å². The first-order valence-electron chi connectivity index (χ1n) is 7.45. The van der Waals surface area contributed by atoms with Gasteiger partial charge in [0.1, 0.15) is 17.2 Å². The molecule has 132 valence electrons. The van der Waals surface area contributed by atoms with E-state index < -0.39 is 29.2 Å². The molecule has 25 heavy (non-hydrogen) atoms. The summed E-state index contributed by atoms with van der Waals surface area (Å²) in [7, 11) is 0. The number of rotatable bonds is 5. The Balaban J connectivity index is 2.27. The third-order valence-electron chi connectivity index (χ3n) is 3.62. The third kappa shape index (κ3) is 4.10. The van der Waals surface area contributed by atoms with Gasteiger partial charge in [-0.2, -0.15) is 0 Å². The van der Waals surface area contributed by atoms with E-state index in [0.29, 0.717) is 6.54 Å². The van der Waals surface area contributed by atoms with Crippen molar-refractivity contribution >= 4 is 12.0 Å². The number of hydrazine groups is 1. The van der Waals surface area contributed by atoms with E-state index in [4.69, 9.17) is 10.9 Å². The smallest absolute Gasteiger partial charge is 0.339 e. The Bertz CT molecular complexity index is 812. The number of aromatic carboxylic acids is 1. The van der Waals surface area contributed by atoms with Gasteiger partial charge in [-0.25, -0.2) is 24.2 Å². The standard InChI is InChI=1S/C17H17F2N3O3/c1-2-22(20)17(25)21-9-11-7-6-10(8-14(11)19)12-4-3-5-13(18)15(12)16(23)24/h3-8H,2,9,20H2,1H3,(H,21,25)(H,23,24). The quantitative estimate of drug-likeness (QED) is 0.439. The van der Waals surface area contributed by atoms with Gasteiger partial charge in [0.2, 0.25) is 0 Å². The van der Waals surface area contributed by atoms with Crippen LogP contribution in [0.5, 0.6) is 0 Å². The lowest BCUT2D eigenvalue weighted by atomic mass is 9.98. The van der Waals surface area contributed by atoms with E-state index in [9.17, 15) is 18.4 Å². The van der Waals surface area contributed by atoms with E-state index >= 15 is 0 Å². The van der Waals surface area contributed by atoms with Gasteiger partial charge in [0, 0.05) is 18.7 Å². The second-order valence-electron chi connectivity index (χ2n) is 5.22. The van der Waals surface area contributed by atoms with Crippen LogP contribution in [-0.2, 0) is 6.54 Å². The Morgan fingerprint density at radius 2 is 1.92 bits per heavy atom. The summed E-state index contributed by atoms with van der Waals surface area (Å²) in [5, 5.41) is 12.6. The van der Waals surface area contributed by atoms with Gasteiger partial charge in [-0.15, -0.1) is 0 Å². The molecule has 0 aliphatic rings. The molecule has 0 radical (unpaired) electrons. The van der Waals surface area contributed by atoms with Gasteiger partial charge in [-0.3, -0.25) is 5.01 Å². The number of carbonyl (C=O) groups excluding carboxylic acids is 1. The predicted molar refractivity (Wildman–Crippen MR) is 87.6 cm³/mol. The van der Waals surface area contributed by atoms with Crippen molar-refractivity contribution < 1.29 is 23.5 Å². The second kappa shape index (κ2) is 7.71. The highest BCUT2D eigenvalue weighted by Gasteiger charge is 2.18. The van der Waals surface area contributed by atoms with Gasteiger partial charge in [0.05, 0.1) is 0 Å². The molecule has 2 rings (SSSR count). The Hall–Kier alpha value is -3.00.